The lowest BCUT2D eigenvalue weighted by Gasteiger charge is -2.18. The molecule has 0 amide bonds. The Morgan fingerprint density at radius 3 is 2.31 bits per heavy atom. The van der Waals surface area contributed by atoms with Crippen LogP contribution in [0.5, 0.6) is 11.5 Å². The summed E-state index contributed by atoms with van der Waals surface area (Å²) in [6.45, 7) is 12.7. The number of hydrogen-bond acceptors (Lipinski definition) is 4. The van der Waals surface area contributed by atoms with Gasteiger partial charge in [0.25, 0.3) is 0 Å². The molecule has 0 saturated heterocycles. The molecule has 2 aromatic carbocycles. The first-order valence-corrected chi connectivity index (χ1v) is 9.62. The van der Waals surface area contributed by atoms with Gasteiger partial charge in [-0.05, 0) is 43.3 Å². The predicted octanol–water partition coefficient (Wildman–Crippen LogP) is 4.10. The first-order chi connectivity index (χ1) is 12.8. The maximum atomic E-state index is 5.96. The van der Waals surface area contributed by atoms with E-state index in [2.05, 4.69) is 48.3 Å². The van der Waals surface area contributed by atoms with E-state index in [4.69, 9.17) is 9.47 Å². The quantitative estimate of drug-likeness (QED) is 0.581. The maximum Gasteiger partial charge on any atom is 0.161 e. The van der Waals surface area contributed by atoms with Crippen LogP contribution in [-0.4, -0.2) is 37.7 Å². The zero-order valence-corrected chi connectivity index (χ0v) is 16.3. The monoisotopic (exact) mass is 356 g/mol. The molecule has 4 nitrogen and oxygen atoms in total. The average molecular weight is 357 g/mol. The standard InChI is InChI=1S/C22H32N2O2/c1-4-24(5-2)15-14-23-17-20-12-13-21(22(16-20)25-6-3)26-18-19-10-8-7-9-11-19/h7-13,16,23H,4-6,14-15,17-18H2,1-3H3. The van der Waals surface area contributed by atoms with Crippen LogP contribution in [0, 0.1) is 0 Å². The number of hydrogen-bond donors (Lipinski definition) is 1. The van der Waals surface area contributed by atoms with Gasteiger partial charge in [0.1, 0.15) is 6.61 Å². The molecule has 0 spiro atoms. The third-order valence-electron chi connectivity index (χ3n) is 4.37. The van der Waals surface area contributed by atoms with Crippen molar-refractivity contribution < 1.29 is 9.47 Å². The highest BCUT2D eigenvalue weighted by molar-refractivity contribution is 5.43. The Hall–Kier alpha value is -2.04. The summed E-state index contributed by atoms with van der Waals surface area (Å²) < 4.78 is 11.7. The number of nitrogens with zero attached hydrogens (tertiary/aromatic N) is 1. The highest BCUT2D eigenvalue weighted by Crippen LogP contribution is 2.29. The molecule has 0 atom stereocenters. The van der Waals surface area contributed by atoms with Gasteiger partial charge >= 0.3 is 0 Å². The van der Waals surface area contributed by atoms with Crippen molar-refractivity contribution in [1.29, 1.82) is 0 Å². The topological polar surface area (TPSA) is 33.7 Å². The molecule has 0 unspecified atom stereocenters. The third kappa shape index (κ3) is 6.70. The van der Waals surface area contributed by atoms with E-state index in [0.29, 0.717) is 13.2 Å². The first-order valence-electron chi connectivity index (χ1n) is 9.62. The summed E-state index contributed by atoms with van der Waals surface area (Å²) in [6.07, 6.45) is 0. The van der Waals surface area contributed by atoms with Crippen LogP contribution in [0.3, 0.4) is 0 Å². The van der Waals surface area contributed by atoms with Crippen LogP contribution >= 0.6 is 0 Å². The second kappa shape index (κ2) is 11.6. The molecule has 0 heterocycles. The first kappa shape index (κ1) is 20.3. The van der Waals surface area contributed by atoms with Gasteiger partial charge in [-0.1, -0.05) is 50.2 Å². The second-order valence-corrected chi connectivity index (χ2v) is 6.19. The summed E-state index contributed by atoms with van der Waals surface area (Å²) >= 11 is 0. The van der Waals surface area contributed by atoms with Crippen LogP contribution in [0.1, 0.15) is 31.9 Å². The minimum Gasteiger partial charge on any atom is -0.490 e. The Labute approximate surface area is 158 Å². The molecule has 0 aliphatic rings. The molecular formula is C22H32N2O2. The van der Waals surface area contributed by atoms with Gasteiger partial charge in [0.05, 0.1) is 6.61 Å². The van der Waals surface area contributed by atoms with Crippen molar-refractivity contribution in [3.63, 3.8) is 0 Å². The van der Waals surface area contributed by atoms with E-state index in [-0.39, 0.29) is 0 Å². The van der Waals surface area contributed by atoms with Crippen molar-refractivity contribution in [2.24, 2.45) is 0 Å². The van der Waals surface area contributed by atoms with Gasteiger partial charge < -0.3 is 19.7 Å². The molecule has 0 saturated carbocycles. The molecule has 4 heteroatoms. The molecular weight excluding hydrogens is 324 g/mol. The summed E-state index contributed by atoms with van der Waals surface area (Å²) in [5, 5.41) is 3.51. The Morgan fingerprint density at radius 1 is 0.846 bits per heavy atom. The van der Waals surface area contributed by atoms with Gasteiger partial charge in [-0.2, -0.15) is 0 Å². The molecule has 0 aromatic heterocycles. The van der Waals surface area contributed by atoms with Gasteiger partial charge in [-0.15, -0.1) is 0 Å². The van der Waals surface area contributed by atoms with Crippen molar-refractivity contribution >= 4 is 0 Å². The summed E-state index contributed by atoms with van der Waals surface area (Å²) in [5.74, 6) is 1.61. The molecule has 1 N–H and O–H groups in total. The molecule has 2 aromatic rings. The zero-order chi connectivity index (χ0) is 18.6. The van der Waals surface area contributed by atoms with Crippen LogP contribution in [0.4, 0.5) is 0 Å². The highest BCUT2D eigenvalue weighted by atomic mass is 16.5. The van der Waals surface area contributed by atoms with Gasteiger partial charge in [-0.3, -0.25) is 0 Å². The second-order valence-electron chi connectivity index (χ2n) is 6.19. The summed E-state index contributed by atoms with van der Waals surface area (Å²) in [7, 11) is 0. The molecule has 0 aliphatic carbocycles. The van der Waals surface area contributed by atoms with E-state index >= 15 is 0 Å². The molecule has 0 aliphatic heterocycles. The predicted molar refractivity (Wildman–Crippen MR) is 108 cm³/mol. The van der Waals surface area contributed by atoms with Crippen LogP contribution in [0.15, 0.2) is 48.5 Å². The van der Waals surface area contributed by atoms with Crippen molar-refractivity contribution in [1.82, 2.24) is 10.2 Å². The maximum absolute atomic E-state index is 5.96. The van der Waals surface area contributed by atoms with Crippen LogP contribution in [0.25, 0.3) is 0 Å². The normalized spacial score (nSPS) is 10.9. The molecule has 0 radical (unpaired) electrons. The fourth-order valence-electron chi connectivity index (χ4n) is 2.80. The minimum absolute atomic E-state index is 0.544. The lowest BCUT2D eigenvalue weighted by molar-refractivity contribution is 0.269. The largest absolute Gasteiger partial charge is 0.490 e. The van der Waals surface area contributed by atoms with E-state index in [0.717, 1.165) is 49.8 Å². The summed E-state index contributed by atoms with van der Waals surface area (Å²) in [6, 6.07) is 16.4. The Morgan fingerprint density at radius 2 is 1.62 bits per heavy atom. The number of ether oxygens (including phenoxy) is 2. The van der Waals surface area contributed by atoms with Crippen molar-refractivity contribution in [3.8, 4) is 11.5 Å². The van der Waals surface area contributed by atoms with E-state index in [9.17, 15) is 0 Å². The SMILES string of the molecule is CCOc1cc(CNCCN(CC)CC)ccc1OCc1ccccc1. The summed E-state index contributed by atoms with van der Waals surface area (Å²) in [4.78, 5) is 2.42. The van der Waals surface area contributed by atoms with Crippen molar-refractivity contribution in [2.75, 3.05) is 32.8 Å². The van der Waals surface area contributed by atoms with Gasteiger partial charge in [0.15, 0.2) is 11.5 Å². The Kier molecular flexibility index (Phi) is 9.01. The van der Waals surface area contributed by atoms with Crippen LogP contribution < -0.4 is 14.8 Å². The lowest BCUT2D eigenvalue weighted by atomic mass is 10.2. The van der Waals surface area contributed by atoms with Gasteiger partial charge in [-0.25, -0.2) is 0 Å². The minimum atomic E-state index is 0.544. The van der Waals surface area contributed by atoms with Gasteiger partial charge in [0, 0.05) is 19.6 Å². The lowest BCUT2D eigenvalue weighted by Crippen LogP contribution is -2.31. The number of benzene rings is 2. The van der Waals surface area contributed by atoms with E-state index in [1.807, 2.05) is 31.2 Å². The average Bonchev–Trinajstić information content (AvgIpc) is 2.68. The third-order valence-corrected chi connectivity index (χ3v) is 4.37. The molecule has 142 valence electrons. The Balaban J connectivity index is 1.90. The van der Waals surface area contributed by atoms with Gasteiger partial charge in [0.2, 0.25) is 0 Å². The van der Waals surface area contributed by atoms with E-state index < -0.39 is 0 Å². The number of likely N-dealkylation sites (N-methyl/N-ethyl adjacent to an activating group) is 1. The molecule has 2 rings (SSSR count). The molecule has 0 bridgehead atoms. The number of nitrogens with one attached hydrogen (secondary N) is 1. The van der Waals surface area contributed by atoms with E-state index in [1.54, 1.807) is 0 Å². The zero-order valence-electron chi connectivity index (χ0n) is 16.3. The fourth-order valence-corrected chi connectivity index (χ4v) is 2.80. The van der Waals surface area contributed by atoms with Crippen LogP contribution in [-0.2, 0) is 13.2 Å². The Bertz CT molecular complexity index is 627. The fraction of sp³-hybridized carbons (Fsp3) is 0.455. The highest BCUT2D eigenvalue weighted by Gasteiger charge is 2.07. The van der Waals surface area contributed by atoms with E-state index in [1.165, 1.54) is 5.56 Å². The van der Waals surface area contributed by atoms with Crippen molar-refractivity contribution in [3.05, 3.63) is 59.7 Å². The molecule has 0 fully saturated rings. The van der Waals surface area contributed by atoms with Crippen molar-refractivity contribution in [2.45, 2.75) is 33.9 Å². The summed E-state index contributed by atoms with van der Waals surface area (Å²) in [5.41, 5.74) is 2.36. The smallest absolute Gasteiger partial charge is 0.161 e. The van der Waals surface area contributed by atoms with Crippen LogP contribution in [0.2, 0.25) is 0 Å². The molecule has 26 heavy (non-hydrogen) atoms. The number of rotatable bonds is 12.